The maximum Gasteiger partial charge on any atom is 0.162 e. The zero-order chi connectivity index (χ0) is 20.5. The molecule has 0 saturated heterocycles. The van der Waals surface area contributed by atoms with E-state index in [4.69, 9.17) is 4.74 Å². The number of hydrogen-bond donors (Lipinski definition) is 2. The van der Waals surface area contributed by atoms with Crippen molar-refractivity contribution in [1.29, 1.82) is 0 Å². The van der Waals surface area contributed by atoms with Crippen LogP contribution in [0.15, 0.2) is 54.9 Å². The predicted molar refractivity (Wildman–Crippen MR) is 115 cm³/mol. The Morgan fingerprint density at radius 2 is 1.48 bits per heavy atom. The number of aromatic nitrogens is 2. The first-order valence-corrected chi connectivity index (χ1v) is 10.2. The highest BCUT2D eigenvalue weighted by Gasteiger charge is 2.09. The van der Waals surface area contributed by atoms with Crippen molar-refractivity contribution in [3.05, 3.63) is 54.9 Å². The summed E-state index contributed by atoms with van der Waals surface area (Å²) in [7, 11) is 0. The fraction of sp³-hybridized carbons (Fsp3) is 0.333. The van der Waals surface area contributed by atoms with Crippen LogP contribution in [0.4, 0.5) is 0 Å². The molecule has 29 heavy (non-hydrogen) atoms. The van der Waals surface area contributed by atoms with Crippen molar-refractivity contribution in [3.63, 3.8) is 0 Å². The van der Waals surface area contributed by atoms with Crippen LogP contribution in [-0.2, 0) is 0 Å². The van der Waals surface area contributed by atoms with Gasteiger partial charge in [-0.3, -0.25) is 0 Å². The Hall–Kier alpha value is -3.08. The van der Waals surface area contributed by atoms with Crippen LogP contribution in [0, 0.1) is 0 Å². The number of aromatic hydroxyl groups is 2. The first-order chi connectivity index (χ1) is 14.2. The average molecular weight is 392 g/mol. The quantitative estimate of drug-likeness (QED) is 0.416. The van der Waals surface area contributed by atoms with Crippen molar-refractivity contribution in [2.24, 2.45) is 0 Å². The Kier molecular flexibility index (Phi) is 7.45. The molecule has 0 atom stereocenters. The smallest absolute Gasteiger partial charge is 0.162 e. The summed E-state index contributed by atoms with van der Waals surface area (Å²) in [6, 6.07) is 12.1. The maximum atomic E-state index is 10.4. The van der Waals surface area contributed by atoms with Gasteiger partial charge in [0.1, 0.15) is 17.2 Å². The summed E-state index contributed by atoms with van der Waals surface area (Å²) in [6.45, 7) is 2.87. The third-order valence-electron chi connectivity index (χ3n) is 4.83. The molecule has 2 N–H and O–H groups in total. The summed E-state index contributed by atoms with van der Waals surface area (Å²) in [5.41, 5.74) is 2.32. The molecule has 0 aliphatic rings. The number of unbranched alkanes of at least 4 members (excludes halogenated alkanes) is 5. The summed E-state index contributed by atoms with van der Waals surface area (Å²) in [4.78, 5) is 8.75. The standard InChI is InChI=1S/C24H28N2O3/c1-2-3-4-5-6-7-14-29-21-12-13-22(23(28)15-21)24-25-16-19(17-26-24)18-8-10-20(27)11-9-18/h8-13,15-17,27-28H,2-7,14H2,1H3. The predicted octanol–water partition coefficient (Wildman–Crippen LogP) is 5.96. The van der Waals surface area contributed by atoms with Gasteiger partial charge in [-0.15, -0.1) is 0 Å². The van der Waals surface area contributed by atoms with Gasteiger partial charge in [-0.25, -0.2) is 9.97 Å². The lowest BCUT2D eigenvalue weighted by Crippen LogP contribution is -1.97. The normalized spacial score (nSPS) is 10.8. The molecule has 3 aromatic rings. The van der Waals surface area contributed by atoms with E-state index in [1.807, 2.05) is 6.07 Å². The van der Waals surface area contributed by atoms with Crippen LogP contribution in [0.25, 0.3) is 22.5 Å². The van der Waals surface area contributed by atoms with E-state index in [1.165, 1.54) is 32.1 Å². The van der Waals surface area contributed by atoms with Gasteiger partial charge >= 0.3 is 0 Å². The van der Waals surface area contributed by atoms with Gasteiger partial charge in [-0.05, 0) is 36.2 Å². The minimum Gasteiger partial charge on any atom is -0.508 e. The third kappa shape index (κ3) is 5.95. The van der Waals surface area contributed by atoms with Gasteiger partial charge in [0.15, 0.2) is 5.82 Å². The van der Waals surface area contributed by atoms with Gasteiger partial charge in [0.05, 0.1) is 12.2 Å². The molecular weight excluding hydrogens is 364 g/mol. The Labute approximate surface area is 172 Å². The Morgan fingerprint density at radius 1 is 0.793 bits per heavy atom. The molecular formula is C24H28N2O3. The molecule has 152 valence electrons. The SMILES string of the molecule is CCCCCCCCOc1ccc(-c2ncc(-c3ccc(O)cc3)cn2)c(O)c1. The first-order valence-electron chi connectivity index (χ1n) is 10.2. The minimum atomic E-state index is 0.0998. The Morgan fingerprint density at radius 3 is 2.17 bits per heavy atom. The maximum absolute atomic E-state index is 10.4. The van der Waals surface area contributed by atoms with E-state index in [-0.39, 0.29) is 11.5 Å². The molecule has 5 nitrogen and oxygen atoms in total. The van der Waals surface area contributed by atoms with Crippen molar-refractivity contribution >= 4 is 0 Å². The van der Waals surface area contributed by atoms with Crippen molar-refractivity contribution in [2.45, 2.75) is 45.4 Å². The third-order valence-corrected chi connectivity index (χ3v) is 4.83. The Bertz CT molecular complexity index is 893. The van der Waals surface area contributed by atoms with Crippen LogP contribution in [0.1, 0.15) is 45.4 Å². The second-order valence-corrected chi connectivity index (χ2v) is 7.14. The molecule has 3 rings (SSSR count). The van der Waals surface area contributed by atoms with Crippen molar-refractivity contribution < 1.29 is 14.9 Å². The molecule has 2 aromatic carbocycles. The van der Waals surface area contributed by atoms with Crippen LogP contribution in [0.5, 0.6) is 17.2 Å². The molecule has 0 aliphatic heterocycles. The Balaban J connectivity index is 1.57. The van der Waals surface area contributed by atoms with E-state index in [2.05, 4.69) is 16.9 Å². The highest BCUT2D eigenvalue weighted by Crippen LogP contribution is 2.31. The van der Waals surface area contributed by atoms with Crippen molar-refractivity contribution in [1.82, 2.24) is 9.97 Å². The lowest BCUT2D eigenvalue weighted by atomic mass is 10.1. The number of benzene rings is 2. The van der Waals surface area contributed by atoms with Gasteiger partial charge in [0.25, 0.3) is 0 Å². The van der Waals surface area contributed by atoms with Gasteiger partial charge < -0.3 is 14.9 Å². The molecule has 5 heteroatoms. The molecule has 1 heterocycles. The summed E-state index contributed by atoms with van der Waals surface area (Å²) in [6.07, 6.45) is 10.7. The minimum absolute atomic E-state index is 0.0998. The summed E-state index contributed by atoms with van der Waals surface area (Å²) in [5.74, 6) is 1.42. The molecule has 0 spiro atoms. The summed E-state index contributed by atoms with van der Waals surface area (Å²) in [5, 5.41) is 19.8. The highest BCUT2D eigenvalue weighted by atomic mass is 16.5. The van der Waals surface area contributed by atoms with E-state index in [1.54, 1.807) is 48.8 Å². The fourth-order valence-corrected chi connectivity index (χ4v) is 3.13. The molecule has 0 saturated carbocycles. The number of ether oxygens (including phenoxy) is 1. The zero-order valence-electron chi connectivity index (χ0n) is 16.8. The number of phenols is 2. The fourth-order valence-electron chi connectivity index (χ4n) is 3.13. The average Bonchev–Trinajstić information content (AvgIpc) is 2.74. The molecule has 0 fully saturated rings. The lowest BCUT2D eigenvalue weighted by Gasteiger charge is -2.09. The van der Waals surface area contributed by atoms with Crippen LogP contribution >= 0.6 is 0 Å². The number of rotatable bonds is 10. The van der Waals surface area contributed by atoms with E-state index >= 15 is 0 Å². The van der Waals surface area contributed by atoms with Crippen LogP contribution < -0.4 is 4.74 Å². The molecule has 0 unspecified atom stereocenters. The monoisotopic (exact) mass is 392 g/mol. The second-order valence-electron chi connectivity index (χ2n) is 7.14. The van der Waals surface area contributed by atoms with E-state index in [0.29, 0.717) is 23.7 Å². The second kappa shape index (κ2) is 10.5. The first kappa shape index (κ1) is 20.6. The van der Waals surface area contributed by atoms with E-state index < -0.39 is 0 Å². The lowest BCUT2D eigenvalue weighted by molar-refractivity contribution is 0.303. The topological polar surface area (TPSA) is 75.5 Å². The van der Waals surface area contributed by atoms with Gasteiger partial charge in [0, 0.05) is 24.0 Å². The van der Waals surface area contributed by atoms with Crippen LogP contribution in [0.3, 0.4) is 0 Å². The summed E-state index contributed by atoms with van der Waals surface area (Å²) < 4.78 is 5.75. The number of nitrogens with zero attached hydrogens (tertiary/aromatic N) is 2. The van der Waals surface area contributed by atoms with Crippen molar-refractivity contribution in [2.75, 3.05) is 6.61 Å². The number of hydrogen-bond acceptors (Lipinski definition) is 5. The number of phenolic OH excluding ortho intramolecular Hbond substituents is 2. The highest BCUT2D eigenvalue weighted by molar-refractivity contribution is 5.68. The molecule has 0 amide bonds. The van der Waals surface area contributed by atoms with Gasteiger partial charge in [-0.1, -0.05) is 51.2 Å². The zero-order valence-corrected chi connectivity index (χ0v) is 16.8. The summed E-state index contributed by atoms with van der Waals surface area (Å²) >= 11 is 0. The van der Waals surface area contributed by atoms with Crippen LogP contribution in [0.2, 0.25) is 0 Å². The molecule has 1 aromatic heterocycles. The van der Waals surface area contributed by atoms with E-state index in [9.17, 15) is 10.2 Å². The molecule has 0 bridgehead atoms. The van der Waals surface area contributed by atoms with Gasteiger partial charge in [-0.2, -0.15) is 0 Å². The van der Waals surface area contributed by atoms with E-state index in [0.717, 1.165) is 17.5 Å². The van der Waals surface area contributed by atoms with Gasteiger partial charge in [0.2, 0.25) is 0 Å². The van der Waals surface area contributed by atoms with Crippen molar-refractivity contribution in [3.8, 4) is 39.8 Å². The largest absolute Gasteiger partial charge is 0.508 e. The molecule has 0 aliphatic carbocycles. The van der Waals surface area contributed by atoms with Crippen LogP contribution in [-0.4, -0.2) is 26.8 Å². The molecule has 0 radical (unpaired) electrons.